The molecule has 4 heterocycles. The lowest BCUT2D eigenvalue weighted by Gasteiger charge is -2.30. The van der Waals surface area contributed by atoms with E-state index in [-0.39, 0.29) is 0 Å². The normalized spacial score (nSPS) is 16.0. The molecule has 142 valence electrons. The van der Waals surface area contributed by atoms with Crippen LogP contribution in [0.15, 0.2) is 53.1 Å². The molecule has 0 aliphatic carbocycles. The van der Waals surface area contributed by atoms with Crippen LogP contribution in [0.5, 0.6) is 0 Å². The molecule has 0 N–H and O–H groups in total. The minimum absolute atomic E-state index is 0.430. The number of hydrogen-bond donors (Lipinski definition) is 0. The molecule has 4 aromatic rings. The molecule has 1 aliphatic rings. The van der Waals surface area contributed by atoms with Crippen LogP contribution in [-0.4, -0.2) is 42.8 Å². The van der Waals surface area contributed by atoms with Crippen LogP contribution in [0.3, 0.4) is 0 Å². The summed E-state index contributed by atoms with van der Waals surface area (Å²) in [7, 11) is 0. The van der Waals surface area contributed by atoms with Gasteiger partial charge in [0.15, 0.2) is 5.65 Å². The Labute approximate surface area is 163 Å². The lowest BCUT2D eigenvalue weighted by atomic mass is 9.96. The van der Waals surface area contributed by atoms with Gasteiger partial charge in [0.25, 0.3) is 0 Å². The lowest BCUT2D eigenvalue weighted by molar-refractivity contribution is 0.185. The number of fused-ring (bicyclic) bond motifs is 1. The number of aromatic nitrogens is 5. The van der Waals surface area contributed by atoms with Gasteiger partial charge in [0, 0.05) is 17.7 Å². The van der Waals surface area contributed by atoms with E-state index in [9.17, 15) is 0 Å². The van der Waals surface area contributed by atoms with Gasteiger partial charge in [0.1, 0.15) is 5.82 Å². The van der Waals surface area contributed by atoms with Gasteiger partial charge in [-0.05, 0) is 57.1 Å². The SMILES string of the molecule is Cc1cccc(-c2nnc(CN3CCC(c4nnc5ccccn45)CC3)o2)c1. The van der Waals surface area contributed by atoms with E-state index in [0.29, 0.717) is 24.2 Å². The average molecular weight is 374 g/mol. The third kappa shape index (κ3) is 3.29. The number of likely N-dealkylation sites (tertiary alicyclic amines) is 1. The standard InChI is InChI=1S/C21H22N6O/c1-15-5-4-6-17(13-15)21-25-23-19(28-21)14-26-11-8-16(9-12-26)20-24-22-18-7-2-3-10-27(18)20/h2-7,10,13,16H,8-9,11-12,14H2,1H3. The summed E-state index contributed by atoms with van der Waals surface area (Å²) in [4.78, 5) is 2.37. The Morgan fingerprint density at radius 2 is 1.89 bits per heavy atom. The molecule has 1 aromatic carbocycles. The first-order valence-electron chi connectivity index (χ1n) is 9.68. The number of benzene rings is 1. The van der Waals surface area contributed by atoms with Crippen molar-refractivity contribution in [3.8, 4) is 11.5 Å². The molecule has 0 radical (unpaired) electrons. The third-order valence-electron chi connectivity index (χ3n) is 5.38. The van der Waals surface area contributed by atoms with Crippen molar-refractivity contribution in [2.45, 2.75) is 32.2 Å². The maximum Gasteiger partial charge on any atom is 0.247 e. The molecule has 0 atom stereocenters. The number of nitrogens with zero attached hydrogens (tertiary/aromatic N) is 6. The summed E-state index contributed by atoms with van der Waals surface area (Å²) in [6.07, 6.45) is 4.14. The highest BCUT2D eigenvalue weighted by Crippen LogP contribution is 2.28. The number of aryl methyl sites for hydroxylation is 1. The Bertz CT molecular complexity index is 1090. The molecule has 0 amide bonds. The lowest BCUT2D eigenvalue weighted by Crippen LogP contribution is -2.33. The smallest absolute Gasteiger partial charge is 0.247 e. The summed E-state index contributed by atoms with van der Waals surface area (Å²) >= 11 is 0. The molecule has 1 saturated heterocycles. The molecular weight excluding hydrogens is 352 g/mol. The van der Waals surface area contributed by atoms with Crippen LogP contribution in [0.4, 0.5) is 0 Å². The largest absolute Gasteiger partial charge is 0.419 e. The van der Waals surface area contributed by atoms with E-state index in [4.69, 9.17) is 4.42 Å². The summed E-state index contributed by atoms with van der Waals surface area (Å²) in [5.41, 5.74) is 3.06. The van der Waals surface area contributed by atoms with Crippen molar-refractivity contribution in [2.24, 2.45) is 0 Å². The monoisotopic (exact) mass is 374 g/mol. The number of pyridine rings is 1. The molecule has 7 heteroatoms. The Morgan fingerprint density at radius 1 is 1.00 bits per heavy atom. The third-order valence-corrected chi connectivity index (χ3v) is 5.38. The molecule has 28 heavy (non-hydrogen) atoms. The topological polar surface area (TPSA) is 72.4 Å². The van der Waals surface area contributed by atoms with Crippen LogP contribution < -0.4 is 0 Å². The first-order valence-corrected chi connectivity index (χ1v) is 9.68. The van der Waals surface area contributed by atoms with E-state index in [2.05, 4.69) is 48.8 Å². The van der Waals surface area contributed by atoms with E-state index < -0.39 is 0 Å². The molecule has 1 fully saturated rings. The van der Waals surface area contributed by atoms with Gasteiger partial charge >= 0.3 is 0 Å². The van der Waals surface area contributed by atoms with Crippen molar-refractivity contribution in [1.29, 1.82) is 0 Å². The Kier molecular flexibility index (Phi) is 4.37. The summed E-state index contributed by atoms with van der Waals surface area (Å²) in [6.45, 7) is 4.71. The van der Waals surface area contributed by atoms with Gasteiger partial charge < -0.3 is 4.42 Å². The van der Waals surface area contributed by atoms with Crippen LogP contribution in [0.25, 0.3) is 17.1 Å². The van der Waals surface area contributed by atoms with Crippen LogP contribution in [0.1, 0.15) is 36.0 Å². The van der Waals surface area contributed by atoms with Crippen molar-refractivity contribution in [1.82, 2.24) is 29.7 Å². The molecule has 0 spiro atoms. The molecule has 5 rings (SSSR count). The fraction of sp³-hybridized carbons (Fsp3) is 0.333. The van der Waals surface area contributed by atoms with Crippen LogP contribution in [0, 0.1) is 6.92 Å². The quantitative estimate of drug-likeness (QED) is 0.545. The van der Waals surface area contributed by atoms with Gasteiger partial charge in [-0.2, -0.15) is 0 Å². The Balaban J connectivity index is 1.23. The Morgan fingerprint density at radius 3 is 2.75 bits per heavy atom. The van der Waals surface area contributed by atoms with Gasteiger partial charge in [-0.15, -0.1) is 20.4 Å². The van der Waals surface area contributed by atoms with Crippen LogP contribution in [0.2, 0.25) is 0 Å². The molecule has 1 aliphatic heterocycles. The predicted molar refractivity (Wildman–Crippen MR) is 105 cm³/mol. The number of rotatable bonds is 4. The first kappa shape index (κ1) is 17.1. The van der Waals surface area contributed by atoms with Gasteiger partial charge in [0.05, 0.1) is 6.54 Å². The van der Waals surface area contributed by atoms with Crippen molar-refractivity contribution < 1.29 is 4.42 Å². The minimum atomic E-state index is 0.430. The number of hydrogen-bond acceptors (Lipinski definition) is 6. The van der Waals surface area contributed by atoms with E-state index in [0.717, 1.165) is 43.0 Å². The fourth-order valence-corrected chi connectivity index (χ4v) is 3.89. The first-order chi connectivity index (χ1) is 13.8. The predicted octanol–water partition coefficient (Wildman–Crippen LogP) is 3.47. The number of piperidine rings is 1. The fourth-order valence-electron chi connectivity index (χ4n) is 3.89. The van der Waals surface area contributed by atoms with E-state index in [1.165, 1.54) is 5.56 Å². The molecule has 0 saturated carbocycles. The van der Waals surface area contributed by atoms with Crippen molar-refractivity contribution >= 4 is 5.65 Å². The summed E-state index contributed by atoms with van der Waals surface area (Å²) in [5, 5.41) is 17.2. The highest BCUT2D eigenvalue weighted by atomic mass is 16.4. The summed E-state index contributed by atoms with van der Waals surface area (Å²) in [6, 6.07) is 14.1. The van der Waals surface area contributed by atoms with Crippen LogP contribution in [-0.2, 0) is 6.54 Å². The maximum atomic E-state index is 5.89. The highest BCUT2D eigenvalue weighted by Gasteiger charge is 2.25. The highest BCUT2D eigenvalue weighted by molar-refractivity contribution is 5.53. The van der Waals surface area contributed by atoms with Gasteiger partial charge in [-0.1, -0.05) is 23.8 Å². The zero-order chi connectivity index (χ0) is 18.9. The molecule has 0 unspecified atom stereocenters. The summed E-state index contributed by atoms with van der Waals surface area (Å²) in [5.74, 6) is 2.75. The van der Waals surface area contributed by atoms with E-state index in [1.807, 2.05) is 36.5 Å². The average Bonchev–Trinajstić information content (AvgIpc) is 3.36. The molecular formula is C21H22N6O. The second kappa shape index (κ2) is 7.16. The van der Waals surface area contributed by atoms with Crippen molar-refractivity contribution in [2.75, 3.05) is 13.1 Å². The van der Waals surface area contributed by atoms with E-state index >= 15 is 0 Å². The minimum Gasteiger partial charge on any atom is -0.419 e. The second-order valence-corrected chi connectivity index (χ2v) is 7.41. The molecule has 0 bridgehead atoms. The van der Waals surface area contributed by atoms with Crippen LogP contribution >= 0.6 is 0 Å². The summed E-state index contributed by atoms with van der Waals surface area (Å²) < 4.78 is 8.00. The van der Waals surface area contributed by atoms with E-state index in [1.54, 1.807) is 0 Å². The molecule has 7 nitrogen and oxygen atoms in total. The zero-order valence-corrected chi connectivity index (χ0v) is 15.8. The second-order valence-electron chi connectivity index (χ2n) is 7.41. The zero-order valence-electron chi connectivity index (χ0n) is 15.8. The van der Waals surface area contributed by atoms with Crippen molar-refractivity contribution in [3.05, 3.63) is 65.9 Å². The van der Waals surface area contributed by atoms with Gasteiger partial charge in [-0.3, -0.25) is 9.30 Å². The van der Waals surface area contributed by atoms with Crippen molar-refractivity contribution in [3.63, 3.8) is 0 Å². The Hall–Kier alpha value is -3.06. The van der Waals surface area contributed by atoms with Gasteiger partial charge in [0.2, 0.25) is 11.8 Å². The maximum absolute atomic E-state index is 5.89. The molecule has 3 aromatic heterocycles. The van der Waals surface area contributed by atoms with Gasteiger partial charge in [-0.25, -0.2) is 0 Å².